The second-order valence-corrected chi connectivity index (χ2v) is 2.70. The van der Waals surface area contributed by atoms with E-state index in [1.165, 1.54) is 6.08 Å². The van der Waals surface area contributed by atoms with Gasteiger partial charge in [0.2, 0.25) is 5.91 Å². The van der Waals surface area contributed by atoms with Crippen molar-refractivity contribution in [1.82, 2.24) is 15.3 Å². The summed E-state index contributed by atoms with van der Waals surface area (Å²) in [6.45, 7) is 3.68. The van der Waals surface area contributed by atoms with Crippen LogP contribution in [0.2, 0.25) is 0 Å². The SMILES string of the molecule is C/C=C/C(=O)NC(C)c1ncc[nH]1. The van der Waals surface area contributed by atoms with Crippen molar-refractivity contribution in [3.63, 3.8) is 0 Å². The lowest BCUT2D eigenvalue weighted by Crippen LogP contribution is -2.25. The zero-order chi connectivity index (χ0) is 9.68. The molecule has 4 heteroatoms. The summed E-state index contributed by atoms with van der Waals surface area (Å²) in [6, 6.07) is -0.0845. The molecular formula is C9H13N3O. The van der Waals surface area contributed by atoms with Gasteiger partial charge < -0.3 is 10.3 Å². The number of hydrogen-bond acceptors (Lipinski definition) is 2. The second kappa shape index (κ2) is 4.45. The van der Waals surface area contributed by atoms with Gasteiger partial charge in [-0.3, -0.25) is 4.79 Å². The molecule has 1 amide bonds. The van der Waals surface area contributed by atoms with E-state index in [2.05, 4.69) is 15.3 Å². The average molecular weight is 179 g/mol. The Morgan fingerprint density at radius 2 is 2.54 bits per heavy atom. The number of allylic oxidation sites excluding steroid dienone is 1. The fraction of sp³-hybridized carbons (Fsp3) is 0.333. The van der Waals surface area contributed by atoms with E-state index in [0.29, 0.717) is 0 Å². The number of aromatic nitrogens is 2. The molecular weight excluding hydrogens is 166 g/mol. The van der Waals surface area contributed by atoms with E-state index in [-0.39, 0.29) is 11.9 Å². The quantitative estimate of drug-likeness (QED) is 0.684. The first-order chi connectivity index (χ1) is 6.24. The number of carbonyl (C=O) groups is 1. The van der Waals surface area contributed by atoms with Crippen LogP contribution in [0.3, 0.4) is 0 Å². The van der Waals surface area contributed by atoms with Gasteiger partial charge in [-0.1, -0.05) is 6.08 Å². The van der Waals surface area contributed by atoms with Gasteiger partial charge in [0, 0.05) is 12.4 Å². The van der Waals surface area contributed by atoms with Crippen LogP contribution in [0.5, 0.6) is 0 Å². The molecule has 0 aliphatic heterocycles. The van der Waals surface area contributed by atoms with Crippen molar-refractivity contribution in [3.8, 4) is 0 Å². The maximum Gasteiger partial charge on any atom is 0.244 e. The minimum Gasteiger partial charge on any atom is -0.347 e. The number of imidazole rings is 1. The lowest BCUT2D eigenvalue weighted by molar-refractivity contribution is -0.117. The van der Waals surface area contributed by atoms with Gasteiger partial charge in [-0.2, -0.15) is 0 Å². The van der Waals surface area contributed by atoms with Crippen molar-refractivity contribution in [1.29, 1.82) is 0 Å². The number of H-pyrrole nitrogens is 1. The van der Waals surface area contributed by atoms with Crippen LogP contribution in [0.15, 0.2) is 24.5 Å². The van der Waals surface area contributed by atoms with Crippen molar-refractivity contribution in [3.05, 3.63) is 30.4 Å². The molecule has 70 valence electrons. The highest BCUT2D eigenvalue weighted by atomic mass is 16.1. The van der Waals surface area contributed by atoms with Crippen LogP contribution in [0.25, 0.3) is 0 Å². The maximum atomic E-state index is 11.1. The van der Waals surface area contributed by atoms with Gasteiger partial charge in [0.05, 0.1) is 6.04 Å². The summed E-state index contributed by atoms with van der Waals surface area (Å²) in [7, 11) is 0. The number of rotatable bonds is 3. The molecule has 1 atom stereocenters. The smallest absolute Gasteiger partial charge is 0.244 e. The Morgan fingerprint density at radius 1 is 1.77 bits per heavy atom. The molecule has 1 unspecified atom stereocenters. The van der Waals surface area contributed by atoms with Gasteiger partial charge in [-0.25, -0.2) is 4.98 Å². The van der Waals surface area contributed by atoms with Gasteiger partial charge in [0.1, 0.15) is 5.82 Å². The van der Waals surface area contributed by atoms with Gasteiger partial charge in [0.25, 0.3) is 0 Å². The lowest BCUT2D eigenvalue weighted by Gasteiger charge is -2.08. The third-order valence-electron chi connectivity index (χ3n) is 1.61. The van der Waals surface area contributed by atoms with E-state index in [4.69, 9.17) is 0 Å². The van der Waals surface area contributed by atoms with Crippen LogP contribution in [-0.2, 0) is 4.79 Å². The molecule has 4 nitrogen and oxygen atoms in total. The molecule has 1 rings (SSSR count). The fourth-order valence-electron chi connectivity index (χ4n) is 0.996. The third kappa shape index (κ3) is 2.74. The lowest BCUT2D eigenvalue weighted by atomic mass is 10.3. The second-order valence-electron chi connectivity index (χ2n) is 2.70. The van der Waals surface area contributed by atoms with Crippen molar-refractivity contribution in [2.45, 2.75) is 19.9 Å². The number of amides is 1. The average Bonchev–Trinajstić information content (AvgIpc) is 2.55. The summed E-state index contributed by atoms with van der Waals surface area (Å²) < 4.78 is 0. The summed E-state index contributed by atoms with van der Waals surface area (Å²) in [6.07, 6.45) is 6.57. The molecule has 1 heterocycles. The molecule has 0 aromatic carbocycles. The standard InChI is InChI=1S/C9H13N3O/c1-3-4-8(13)12-7(2)9-10-5-6-11-9/h3-7H,1-2H3,(H,10,11)(H,12,13)/b4-3+. The first-order valence-corrected chi connectivity index (χ1v) is 4.16. The molecule has 0 fully saturated rings. The van der Waals surface area contributed by atoms with Crippen LogP contribution in [0.4, 0.5) is 0 Å². The van der Waals surface area contributed by atoms with Crippen LogP contribution in [0, 0.1) is 0 Å². The molecule has 0 aliphatic rings. The number of aromatic amines is 1. The normalized spacial score (nSPS) is 13.1. The summed E-state index contributed by atoms with van der Waals surface area (Å²) in [5, 5.41) is 2.76. The van der Waals surface area contributed by atoms with Crippen LogP contribution < -0.4 is 5.32 Å². The molecule has 0 saturated carbocycles. The molecule has 0 spiro atoms. The minimum absolute atomic E-state index is 0.0845. The van der Waals surface area contributed by atoms with E-state index in [0.717, 1.165) is 5.82 Å². The highest BCUT2D eigenvalue weighted by molar-refractivity contribution is 5.87. The van der Waals surface area contributed by atoms with Crippen molar-refractivity contribution in [2.75, 3.05) is 0 Å². The van der Waals surface area contributed by atoms with Gasteiger partial charge in [-0.15, -0.1) is 0 Å². The highest BCUT2D eigenvalue weighted by Crippen LogP contribution is 2.04. The van der Waals surface area contributed by atoms with Crippen molar-refractivity contribution < 1.29 is 4.79 Å². The molecule has 1 aromatic rings. The molecule has 0 saturated heterocycles. The summed E-state index contributed by atoms with van der Waals surface area (Å²) in [4.78, 5) is 18.1. The predicted molar refractivity (Wildman–Crippen MR) is 50.0 cm³/mol. The Hall–Kier alpha value is -1.58. The Labute approximate surface area is 77.1 Å². The summed E-state index contributed by atoms with van der Waals surface area (Å²) >= 11 is 0. The molecule has 0 aliphatic carbocycles. The molecule has 0 bridgehead atoms. The van der Waals surface area contributed by atoms with Crippen LogP contribution in [-0.4, -0.2) is 15.9 Å². The highest BCUT2D eigenvalue weighted by Gasteiger charge is 2.08. The number of hydrogen-bond donors (Lipinski definition) is 2. The summed E-state index contributed by atoms with van der Waals surface area (Å²) in [5.74, 6) is 0.657. The molecule has 13 heavy (non-hydrogen) atoms. The maximum absolute atomic E-state index is 11.1. The van der Waals surface area contributed by atoms with Gasteiger partial charge >= 0.3 is 0 Å². The topological polar surface area (TPSA) is 57.8 Å². The Kier molecular flexibility index (Phi) is 3.25. The molecule has 2 N–H and O–H groups in total. The Balaban J connectivity index is 2.51. The van der Waals surface area contributed by atoms with E-state index in [9.17, 15) is 4.79 Å². The zero-order valence-corrected chi connectivity index (χ0v) is 7.74. The summed E-state index contributed by atoms with van der Waals surface area (Å²) in [5.41, 5.74) is 0. The molecule has 1 aromatic heterocycles. The van der Waals surface area contributed by atoms with Crippen molar-refractivity contribution in [2.24, 2.45) is 0 Å². The van der Waals surface area contributed by atoms with Crippen LogP contribution in [0.1, 0.15) is 25.7 Å². The first-order valence-electron chi connectivity index (χ1n) is 4.16. The van der Waals surface area contributed by atoms with E-state index >= 15 is 0 Å². The third-order valence-corrected chi connectivity index (χ3v) is 1.61. The number of nitrogens with zero attached hydrogens (tertiary/aromatic N) is 1. The zero-order valence-electron chi connectivity index (χ0n) is 7.74. The number of nitrogens with one attached hydrogen (secondary N) is 2. The van der Waals surface area contributed by atoms with Crippen molar-refractivity contribution >= 4 is 5.91 Å². The fourth-order valence-corrected chi connectivity index (χ4v) is 0.996. The minimum atomic E-state index is -0.105. The Bertz CT molecular complexity index is 290. The predicted octanol–water partition coefficient (Wildman–Crippen LogP) is 1.16. The van der Waals surface area contributed by atoms with Gasteiger partial charge in [-0.05, 0) is 19.9 Å². The Morgan fingerprint density at radius 3 is 3.08 bits per heavy atom. The monoisotopic (exact) mass is 179 g/mol. The van der Waals surface area contributed by atoms with Gasteiger partial charge in [0.15, 0.2) is 0 Å². The van der Waals surface area contributed by atoms with Crippen LogP contribution >= 0.6 is 0 Å². The number of carbonyl (C=O) groups excluding carboxylic acids is 1. The van der Waals surface area contributed by atoms with E-state index in [1.54, 1.807) is 25.4 Å². The first kappa shape index (κ1) is 9.51. The largest absolute Gasteiger partial charge is 0.347 e. The van der Waals surface area contributed by atoms with E-state index in [1.807, 2.05) is 6.92 Å². The van der Waals surface area contributed by atoms with E-state index < -0.39 is 0 Å². The molecule has 0 radical (unpaired) electrons.